The molecule has 0 saturated heterocycles. The van der Waals surface area contributed by atoms with E-state index in [1.54, 1.807) is 36.3 Å². The second-order valence-electron chi connectivity index (χ2n) is 8.15. The minimum atomic E-state index is -0.539. The highest BCUT2D eigenvalue weighted by Gasteiger charge is 2.39. The number of fused-ring (bicyclic) bond motifs is 1. The molecule has 166 valence electrons. The molecular weight excluding hydrogens is 414 g/mol. The minimum Gasteiger partial charge on any atom is -0.497 e. The van der Waals surface area contributed by atoms with Gasteiger partial charge in [-0.2, -0.15) is 0 Å². The largest absolute Gasteiger partial charge is 0.497 e. The van der Waals surface area contributed by atoms with Crippen LogP contribution >= 0.6 is 0 Å². The molecule has 3 aromatic carbocycles. The molecule has 6 heteroatoms. The van der Waals surface area contributed by atoms with Crippen LogP contribution in [0.3, 0.4) is 0 Å². The maximum Gasteiger partial charge on any atom is 0.327 e. The van der Waals surface area contributed by atoms with Gasteiger partial charge in [-0.25, -0.2) is 4.79 Å². The van der Waals surface area contributed by atoms with E-state index in [1.165, 1.54) is 0 Å². The van der Waals surface area contributed by atoms with Gasteiger partial charge in [-0.15, -0.1) is 0 Å². The highest BCUT2D eigenvalue weighted by atomic mass is 16.5. The zero-order chi connectivity index (χ0) is 22.8. The number of benzene rings is 3. The number of amides is 2. The van der Waals surface area contributed by atoms with Gasteiger partial charge in [0.15, 0.2) is 5.78 Å². The first-order valence-electron chi connectivity index (χ1n) is 11.1. The van der Waals surface area contributed by atoms with Crippen LogP contribution in [0.2, 0.25) is 0 Å². The fourth-order valence-electron chi connectivity index (χ4n) is 4.57. The molecule has 0 unspecified atom stereocenters. The quantitative estimate of drug-likeness (QED) is 0.532. The van der Waals surface area contributed by atoms with Crippen molar-refractivity contribution >= 4 is 28.9 Å². The van der Waals surface area contributed by atoms with Gasteiger partial charge in [0.1, 0.15) is 5.75 Å². The number of rotatable bonds is 3. The Kier molecular flexibility index (Phi) is 5.57. The van der Waals surface area contributed by atoms with Crippen LogP contribution in [-0.2, 0) is 4.79 Å². The van der Waals surface area contributed by atoms with Gasteiger partial charge in [-0.3, -0.25) is 9.69 Å². The molecule has 0 fully saturated rings. The summed E-state index contributed by atoms with van der Waals surface area (Å²) in [5.41, 5.74) is 4.62. The Bertz CT molecular complexity index is 1220. The van der Waals surface area contributed by atoms with Crippen molar-refractivity contribution in [2.24, 2.45) is 0 Å². The number of urea groups is 1. The summed E-state index contributed by atoms with van der Waals surface area (Å²) in [6.45, 7) is 0. The Morgan fingerprint density at radius 2 is 1.70 bits per heavy atom. The lowest BCUT2D eigenvalue weighted by Gasteiger charge is -2.33. The Hall–Kier alpha value is -4.06. The molecular formula is C27H25N3O3. The van der Waals surface area contributed by atoms with Crippen molar-refractivity contribution in [3.63, 3.8) is 0 Å². The van der Waals surface area contributed by atoms with Crippen LogP contribution in [0.15, 0.2) is 90.1 Å². The summed E-state index contributed by atoms with van der Waals surface area (Å²) < 4.78 is 5.22. The van der Waals surface area contributed by atoms with Crippen LogP contribution in [0.25, 0.3) is 0 Å². The van der Waals surface area contributed by atoms with E-state index in [1.807, 2.05) is 54.6 Å². The van der Waals surface area contributed by atoms with Crippen LogP contribution in [0.4, 0.5) is 21.9 Å². The average molecular weight is 440 g/mol. The summed E-state index contributed by atoms with van der Waals surface area (Å²) in [5, 5.41) is 6.49. The fourth-order valence-corrected chi connectivity index (χ4v) is 4.57. The van der Waals surface area contributed by atoms with E-state index in [-0.39, 0.29) is 11.8 Å². The topological polar surface area (TPSA) is 70.7 Å². The number of hydrogen-bond acceptors (Lipinski definition) is 4. The molecule has 0 aromatic heterocycles. The number of nitrogens with one attached hydrogen (secondary N) is 2. The average Bonchev–Trinajstić information content (AvgIpc) is 3.00. The molecule has 1 atom stereocenters. The summed E-state index contributed by atoms with van der Waals surface area (Å²) >= 11 is 0. The van der Waals surface area contributed by atoms with Crippen LogP contribution in [0.5, 0.6) is 5.75 Å². The zero-order valence-corrected chi connectivity index (χ0v) is 18.4. The van der Waals surface area contributed by atoms with Crippen molar-refractivity contribution in [3.05, 3.63) is 95.7 Å². The lowest BCUT2D eigenvalue weighted by atomic mass is 9.86. The second-order valence-corrected chi connectivity index (χ2v) is 8.15. The molecule has 2 N–H and O–H groups in total. The number of ketones is 1. The van der Waals surface area contributed by atoms with Crippen molar-refractivity contribution in [1.82, 2.24) is 0 Å². The van der Waals surface area contributed by atoms with E-state index in [2.05, 4.69) is 10.6 Å². The number of anilines is 3. The van der Waals surface area contributed by atoms with Crippen molar-refractivity contribution in [2.45, 2.75) is 25.3 Å². The predicted octanol–water partition coefficient (Wildman–Crippen LogP) is 5.91. The van der Waals surface area contributed by atoms with Gasteiger partial charge in [-0.1, -0.05) is 42.5 Å². The standard InChI is InChI=1S/C27H25N3O3/c1-33-20-16-14-19(15-17-20)28-27(32)30-23-12-6-5-10-21(23)29-22-11-7-13-24(31)25(22)26(30)18-8-3-2-4-9-18/h2-6,8-10,12,14-17,26,29H,7,11,13H2,1H3,(H,28,32)/t26-/m1/s1. The Morgan fingerprint density at radius 3 is 2.45 bits per heavy atom. The minimum absolute atomic E-state index is 0.0765. The monoisotopic (exact) mass is 439 g/mol. The van der Waals surface area contributed by atoms with Crippen molar-refractivity contribution < 1.29 is 14.3 Å². The first-order valence-corrected chi connectivity index (χ1v) is 11.1. The van der Waals surface area contributed by atoms with Gasteiger partial charge >= 0.3 is 6.03 Å². The van der Waals surface area contributed by atoms with Crippen LogP contribution < -0.4 is 20.3 Å². The molecule has 0 saturated carbocycles. The third-order valence-electron chi connectivity index (χ3n) is 6.11. The number of nitrogens with zero attached hydrogens (tertiary/aromatic N) is 1. The number of ether oxygens (including phenoxy) is 1. The molecule has 33 heavy (non-hydrogen) atoms. The summed E-state index contributed by atoms with van der Waals surface area (Å²) in [4.78, 5) is 28.8. The number of carbonyl (C=O) groups excluding carboxylic acids is 2. The van der Waals surface area contributed by atoms with Crippen LogP contribution in [-0.4, -0.2) is 18.9 Å². The molecule has 1 heterocycles. The highest BCUT2D eigenvalue weighted by molar-refractivity contribution is 6.09. The summed E-state index contributed by atoms with van der Waals surface area (Å²) in [5.74, 6) is 0.787. The second kappa shape index (κ2) is 8.82. The number of Topliss-reactive ketones (excluding diaryl/α,β-unsaturated/α-hetero) is 1. The molecule has 3 aromatic rings. The lowest BCUT2D eigenvalue weighted by molar-refractivity contribution is -0.116. The lowest BCUT2D eigenvalue weighted by Crippen LogP contribution is -2.40. The molecule has 2 aliphatic rings. The van der Waals surface area contributed by atoms with Gasteiger partial charge in [0.05, 0.1) is 24.5 Å². The molecule has 0 radical (unpaired) electrons. The third kappa shape index (κ3) is 3.96. The number of hydrogen-bond donors (Lipinski definition) is 2. The van der Waals surface area contributed by atoms with Crippen molar-refractivity contribution in [2.75, 3.05) is 22.6 Å². The molecule has 0 bridgehead atoms. The first-order chi connectivity index (χ1) is 16.2. The van der Waals surface area contributed by atoms with Crippen molar-refractivity contribution in [3.8, 4) is 5.75 Å². The molecule has 1 aliphatic carbocycles. The van der Waals surface area contributed by atoms with E-state index < -0.39 is 6.04 Å². The van der Waals surface area contributed by atoms with E-state index in [0.717, 1.165) is 35.5 Å². The summed E-state index contributed by atoms with van der Waals surface area (Å²) in [6, 6.07) is 23.8. The summed E-state index contributed by atoms with van der Waals surface area (Å²) in [6.07, 6.45) is 2.05. The maximum atomic E-state index is 13.8. The molecule has 6 nitrogen and oxygen atoms in total. The van der Waals surface area contributed by atoms with Crippen LogP contribution in [0.1, 0.15) is 30.9 Å². The summed E-state index contributed by atoms with van der Waals surface area (Å²) in [7, 11) is 1.60. The fraction of sp³-hybridized carbons (Fsp3) is 0.185. The maximum absolute atomic E-state index is 13.8. The van der Waals surface area contributed by atoms with Gasteiger partial charge < -0.3 is 15.4 Å². The number of carbonyl (C=O) groups is 2. The molecule has 5 rings (SSSR count). The Morgan fingerprint density at radius 1 is 0.970 bits per heavy atom. The van der Waals surface area contributed by atoms with Gasteiger partial charge in [0.2, 0.25) is 0 Å². The van der Waals surface area contributed by atoms with Crippen LogP contribution in [0, 0.1) is 0 Å². The van der Waals surface area contributed by atoms with E-state index in [9.17, 15) is 9.59 Å². The number of para-hydroxylation sites is 2. The SMILES string of the molecule is COc1ccc(NC(=O)N2c3ccccc3NC3=C(C(=O)CCC3)[C@H]2c2ccccc2)cc1. The van der Waals surface area contributed by atoms with Crippen molar-refractivity contribution in [1.29, 1.82) is 0 Å². The highest BCUT2D eigenvalue weighted by Crippen LogP contribution is 2.44. The Labute approximate surface area is 192 Å². The smallest absolute Gasteiger partial charge is 0.327 e. The molecule has 0 spiro atoms. The number of methoxy groups -OCH3 is 1. The predicted molar refractivity (Wildman–Crippen MR) is 130 cm³/mol. The van der Waals surface area contributed by atoms with E-state index >= 15 is 0 Å². The van der Waals surface area contributed by atoms with Gasteiger partial charge in [0, 0.05) is 23.4 Å². The van der Waals surface area contributed by atoms with Gasteiger partial charge in [0.25, 0.3) is 0 Å². The first kappa shape index (κ1) is 20.8. The zero-order valence-electron chi connectivity index (χ0n) is 18.4. The molecule has 2 amide bonds. The normalized spacial score (nSPS) is 17.4. The van der Waals surface area contributed by atoms with E-state index in [4.69, 9.17) is 4.74 Å². The van der Waals surface area contributed by atoms with E-state index in [0.29, 0.717) is 23.4 Å². The molecule has 1 aliphatic heterocycles. The van der Waals surface area contributed by atoms with Gasteiger partial charge in [-0.05, 0) is 54.8 Å². The Balaban J connectivity index is 1.65. The third-order valence-corrected chi connectivity index (χ3v) is 6.11. The number of allylic oxidation sites excluding steroid dienone is 1.